The van der Waals surface area contributed by atoms with Crippen molar-refractivity contribution in [2.75, 3.05) is 17.7 Å². The van der Waals surface area contributed by atoms with Crippen LogP contribution in [0.15, 0.2) is 36.5 Å². The highest BCUT2D eigenvalue weighted by atomic mass is 35.5. The summed E-state index contributed by atoms with van der Waals surface area (Å²) < 4.78 is 0. The predicted octanol–water partition coefficient (Wildman–Crippen LogP) is 2.94. The average molecular weight is 307 g/mol. The molecule has 7 nitrogen and oxygen atoms in total. The van der Waals surface area contributed by atoms with Crippen molar-refractivity contribution in [3.05, 3.63) is 57.4 Å². The van der Waals surface area contributed by atoms with Crippen LogP contribution in [-0.4, -0.2) is 22.9 Å². The number of nitro benzene ring substituents is 1. The summed E-state index contributed by atoms with van der Waals surface area (Å²) in [4.78, 5) is 26.2. The third kappa shape index (κ3) is 3.46. The van der Waals surface area contributed by atoms with Crippen molar-refractivity contribution < 1.29 is 9.72 Å². The van der Waals surface area contributed by atoms with Gasteiger partial charge in [0.25, 0.3) is 11.6 Å². The van der Waals surface area contributed by atoms with Gasteiger partial charge in [-0.05, 0) is 18.2 Å². The van der Waals surface area contributed by atoms with Crippen molar-refractivity contribution >= 4 is 34.6 Å². The van der Waals surface area contributed by atoms with Crippen molar-refractivity contribution in [2.45, 2.75) is 0 Å². The van der Waals surface area contributed by atoms with E-state index in [0.717, 1.165) is 5.69 Å². The van der Waals surface area contributed by atoms with Gasteiger partial charge in [0.1, 0.15) is 5.69 Å². The van der Waals surface area contributed by atoms with Crippen molar-refractivity contribution in [2.24, 2.45) is 0 Å². The molecule has 2 N–H and O–H groups in total. The number of benzene rings is 1. The van der Waals surface area contributed by atoms with E-state index in [2.05, 4.69) is 15.6 Å². The fourth-order valence-corrected chi connectivity index (χ4v) is 1.75. The van der Waals surface area contributed by atoms with Gasteiger partial charge in [-0.3, -0.25) is 14.9 Å². The Kier molecular flexibility index (Phi) is 4.34. The number of pyridine rings is 1. The quantitative estimate of drug-likeness (QED) is 0.668. The molecule has 2 rings (SSSR count). The van der Waals surface area contributed by atoms with Gasteiger partial charge in [0, 0.05) is 19.2 Å². The number of carbonyl (C=O) groups excluding carboxylic acids is 1. The van der Waals surface area contributed by atoms with Gasteiger partial charge >= 0.3 is 0 Å². The molecule has 0 saturated carbocycles. The Balaban J connectivity index is 2.22. The number of carbonyl (C=O) groups is 1. The molecule has 0 fully saturated rings. The SMILES string of the molecule is CNc1ccc(C(=O)Nc2cc([N+](=O)[O-])ccc2Cl)nc1. The van der Waals surface area contributed by atoms with Gasteiger partial charge < -0.3 is 10.6 Å². The van der Waals surface area contributed by atoms with Gasteiger partial charge in [0.05, 0.1) is 27.5 Å². The first-order chi connectivity index (χ1) is 10.0. The summed E-state index contributed by atoms with van der Waals surface area (Å²) in [5.74, 6) is -0.500. The lowest BCUT2D eigenvalue weighted by Gasteiger charge is -2.07. The fraction of sp³-hybridized carbons (Fsp3) is 0.0769. The number of rotatable bonds is 4. The second kappa shape index (κ2) is 6.19. The van der Waals surface area contributed by atoms with Crippen LogP contribution >= 0.6 is 11.6 Å². The Morgan fingerprint density at radius 2 is 2.10 bits per heavy atom. The number of hydrogen-bond donors (Lipinski definition) is 2. The number of non-ortho nitro benzene ring substituents is 1. The normalized spacial score (nSPS) is 10.0. The summed E-state index contributed by atoms with van der Waals surface area (Å²) >= 11 is 5.91. The number of anilines is 2. The van der Waals surface area contributed by atoms with Gasteiger partial charge in [-0.15, -0.1) is 0 Å². The number of nitrogens with one attached hydrogen (secondary N) is 2. The lowest BCUT2D eigenvalue weighted by Crippen LogP contribution is -2.14. The monoisotopic (exact) mass is 306 g/mol. The molecule has 0 aliphatic carbocycles. The van der Waals surface area contributed by atoms with E-state index in [0.29, 0.717) is 0 Å². The van der Waals surface area contributed by atoms with E-state index in [1.807, 2.05) is 0 Å². The lowest BCUT2D eigenvalue weighted by atomic mass is 10.2. The Bertz CT molecular complexity index is 688. The van der Waals surface area contributed by atoms with Gasteiger partial charge in [-0.1, -0.05) is 11.6 Å². The van der Waals surface area contributed by atoms with Crippen LogP contribution in [0.1, 0.15) is 10.5 Å². The van der Waals surface area contributed by atoms with E-state index in [1.165, 1.54) is 30.5 Å². The molecular formula is C13H11ClN4O3. The molecular weight excluding hydrogens is 296 g/mol. The van der Waals surface area contributed by atoms with Crippen LogP contribution in [0, 0.1) is 10.1 Å². The van der Waals surface area contributed by atoms with Crippen LogP contribution in [0.25, 0.3) is 0 Å². The summed E-state index contributed by atoms with van der Waals surface area (Å²) in [5.41, 5.74) is 0.944. The number of halogens is 1. The first kappa shape index (κ1) is 14.7. The molecule has 21 heavy (non-hydrogen) atoms. The van der Waals surface area contributed by atoms with E-state index in [1.54, 1.807) is 13.1 Å². The molecule has 1 aromatic carbocycles. The topological polar surface area (TPSA) is 97.2 Å². The van der Waals surface area contributed by atoms with Crippen LogP contribution in [0.2, 0.25) is 5.02 Å². The fourth-order valence-electron chi connectivity index (χ4n) is 1.59. The zero-order valence-electron chi connectivity index (χ0n) is 11.0. The van der Waals surface area contributed by atoms with Gasteiger partial charge in [0.15, 0.2) is 0 Å². The Labute approximate surface area is 125 Å². The summed E-state index contributed by atoms with van der Waals surface area (Å²) in [6, 6.07) is 7.04. The second-order valence-corrected chi connectivity index (χ2v) is 4.46. The van der Waals surface area contributed by atoms with E-state index < -0.39 is 10.8 Å². The maximum absolute atomic E-state index is 12.0. The molecule has 0 unspecified atom stereocenters. The molecule has 108 valence electrons. The smallest absolute Gasteiger partial charge is 0.274 e. The zero-order valence-corrected chi connectivity index (χ0v) is 11.7. The zero-order chi connectivity index (χ0) is 15.4. The maximum atomic E-state index is 12.0. The molecule has 1 amide bonds. The molecule has 0 saturated heterocycles. The number of hydrogen-bond acceptors (Lipinski definition) is 5. The first-order valence-electron chi connectivity index (χ1n) is 5.90. The minimum atomic E-state index is -0.564. The molecule has 0 aliphatic heterocycles. The molecule has 0 radical (unpaired) electrons. The van der Waals surface area contributed by atoms with Crippen molar-refractivity contribution in [1.29, 1.82) is 0 Å². The second-order valence-electron chi connectivity index (χ2n) is 4.06. The van der Waals surface area contributed by atoms with Crippen LogP contribution < -0.4 is 10.6 Å². The summed E-state index contributed by atoms with van der Waals surface area (Å²) in [5, 5.41) is 16.3. The maximum Gasteiger partial charge on any atom is 0.274 e. The third-order valence-electron chi connectivity index (χ3n) is 2.69. The van der Waals surface area contributed by atoms with Gasteiger partial charge in [-0.2, -0.15) is 0 Å². The molecule has 0 atom stereocenters. The summed E-state index contributed by atoms with van der Waals surface area (Å²) in [6.07, 6.45) is 1.50. The standard InChI is InChI=1S/C13H11ClN4O3/c1-15-8-2-5-11(16-7-8)13(19)17-12-6-9(18(20)21)3-4-10(12)14/h2-7,15H,1H3,(H,17,19). The highest BCUT2D eigenvalue weighted by Crippen LogP contribution is 2.27. The highest BCUT2D eigenvalue weighted by molar-refractivity contribution is 6.34. The van der Waals surface area contributed by atoms with Crippen LogP contribution in [0.3, 0.4) is 0 Å². The molecule has 2 aromatic rings. The number of amides is 1. The molecule has 1 heterocycles. The van der Waals surface area contributed by atoms with Crippen molar-refractivity contribution in [3.8, 4) is 0 Å². The predicted molar refractivity (Wildman–Crippen MR) is 79.8 cm³/mol. The number of aromatic nitrogens is 1. The van der Waals surface area contributed by atoms with Crippen LogP contribution in [0.5, 0.6) is 0 Å². The first-order valence-corrected chi connectivity index (χ1v) is 6.28. The molecule has 0 bridgehead atoms. The van der Waals surface area contributed by atoms with E-state index in [4.69, 9.17) is 11.6 Å². The largest absolute Gasteiger partial charge is 0.387 e. The average Bonchev–Trinajstić information content (AvgIpc) is 2.49. The Morgan fingerprint density at radius 1 is 1.33 bits per heavy atom. The van der Waals surface area contributed by atoms with E-state index >= 15 is 0 Å². The summed E-state index contributed by atoms with van der Waals surface area (Å²) in [6.45, 7) is 0. The van der Waals surface area contributed by atoms with Crippen LogP contribution in [0.4, 0.5) is 17.1 Å². The van der Waals surface area contributed by atoms with Crippen molar-refractivity contribution in [3.63, 3.8) is 0 Å². The number of nitrogens with zero attached hydrogens (tertiary/aromatic N) is 2. The van der Waals surface area contributed by atoms with Gasteiger partial charge in [-0.25, -0.2) is 4.98 Å². The van der Waals surface area contributed by atoms with E-state index in [-0.39, 0.29) is 22.1 Å². The van der Waals surface area contributed by atoms with E-state index in [9.17, 15) is 14.9 Å². The lowest BCUT2D eigenvalue weighted by molar-refractivity contribution is -0.384. The Morgan fingerprint density at radius 3 is 2.67 bits per heavy atom. The Hall–Kier alpha value is -2.67. The molecule has 1 aromatic heterocycles. The third-order valence-corrected chi connectivity index (χ3v) is 3.02. The van der Waals surface area contributed by atoms with Gasteiger partial charge in [0.2, 0.25) is 0 Å². The molecule has 0 spiro atoms. The minimum Gasteiger partial charge on any atom is -0.387 e. The van der Waals surface area contributed by atoms with Crippen molar-refractivity contribution in [1.82, 2.24) is 4.98 Å². The van der Waals surface area contributed by atoms with Crippen LogP contribution in [-0.2, 0) is 0 Å². The minimum absolute atomic E-state index is 0.159. The highest BCUT2D eigenvalue weighted by Gasteiger charge is 2.13. The molecule has 8 heteroatoms. The molecule has 0 aliphatic rings. The summed E-state index contributed by atoms with van der Waals surface area (Å²) in [7, 11) is 1.74. The number of nitro groups is 1.